The quantitative estimate of drug-likeness (QED) is 0.0222. The normalized spacial score (nSPS) is 14.1. The molecule has 86 heavy (non-hydrogen) atoms. The number of carbonyl (C=O) groups excluding carboxylic acids is 4. The molecule has 0 amide bonds. The smallest absolute Gasteiger partial charge is 0.462 e. The Hall–Kier alpha value is -1.94. The number of rotatable bonds is 68. The maximum atomic E-state index is 13.0. The lowest BCUT2D eigenvalue weighted by molar-refractivity contribution is -0.161. The molecule has 2 unspecified atom stereocenters. The van der Waals surface area contributed by atoms with E-state index in [1.54, 1.807) is 0 Å². The van der Waals surface area contributed by atoms with Crippen LogP contribution in [-0.4, -0.2) is 96.7 Å². The zero-order valence-electron chi connectivity index (χ0n) is 55.3. The van der Waals surface area contributed by atoms with E-state index in [-0.39, 0.29) is 25.7 Å². The molecule has 3 N–H and O–H groups in total. The van der Waals surface area contributed by atoms with Gasteiger partial charge in [0.25, 0.3) is 0 Å². The first-order valence-corrected chi connectivity index (χ1v) is 38.3. The summed E-state index contributed by atoms with van der Waals surface area (Å²) in [5.74, 6) is -2.14. The Bertz CT molecular complexity index is 1650. The van der Waals surface area contributed by atoms with Crippen LogP contribution in [0.25, 0.3) is 0 Å². The van der Waals surface area contributed by atoms with E-state index in [1.165, 1.54) is 161 Å². The summed E-state index contributed by atoms with van der Waals surface area (Å²) >= 11 is 0. The second kappa shape index (κ2) is 61.9. The van der Waals surface area contributed by atoms with Gasteiger partial charge in [-0.15, -0.1) is 0 Å². The molecule has 0 heterocycles. The predicted octanol–water partition coefficient (Wildman–Crippen LogP) is 19.1. The van der Waals surface area contributed by atoms with Crippen LogP contribution in [0.1, 0.15) is 349 Å². The lowest BCUT2D eigenvalue weighted by Gasteiger charge is -2.21. The zero-order valence-corrected chi connectivity index (χ0v) is 57.1. The molecule has 510 valence electrons. The third kappa shape index (κ3) is 60.9. The van der Waals surface area contributed by atoms with E-state index >= 15 is 0 Å². The molecule has 0 saturated heterocycles. The summed E-state index contributed by atoms with van der Waals surface area (Å²) in [7, 11) is -9.87. The zero-order chi connectivity index (χ0) is 63.3. The van der Waals surface area contributed by atoms with Crippen molar-refractivity contribution in [1.82, 2.24) is 0 Å². The third-order valence-electron chi connectivity index (χ3n) is 15.6. The molecule has 5 atom stereocenters. The van der Waals surface area contributed by atoms with E-state index in [9.17, 15) is 43.2 Å². The van der Waals surface area contributed by atoms with E-state index in [4.69, 9.17) is 37.0 Å². The molecule has 0 rings (SSSR count). The SMILES string of the molecule is CCCCCCCCCCCCCCCCCCCCCCC(=O)O[C@H](COC(=O)CCCCCCCCCCCCCCCC)COP(=O)(O)OC[C@@H](O)COP(=O)(O)OC[C@@H](COC(=O)CCCCCCC)OC(=O)CCCCCCCCC. The van der Waals surface area contributed by atoms with E-state index in [2.05, 4.69) is 27.7 Å². The second-order valence-corrected chi connectivity index (χ2v) is 27.1. The molecule has 0 aliphatic heterocycles. The molecular formula is C67H130O17P2. The van der Waals surface area contributed by atoms with Gasteiger partial charge in [-0.05, 0) is 25.7 Å². The Morgan fingerprint density at radius 2 is 0.465 bits per heavy atom. The van der Waals surface area contributed by atoms with Crippen molar-refractivity contribution in [2.45, 2.75) is 367 Å². The maximum Gasteiger partial charge on any atom is 0.472 e. The lowest BCUT2D eigenvalue weighted by atomic mass is 10.0. The van der Waals surface area contributed by atoms with Crippen LogP contribution >= 0.6 is 15.6 Å². The highest BCUT2D eigenvalue weighted by Gasteiger charge is 2.30. The first-order valence-electron chi connectivity index (χ1n) is 35.3. The van der Waals surface area contributed by atoms with Crippen molar-refractivity contribution in [2.75, 3.05) is 39.6 Å². The van der Waals surface area contributed by atoms with Crippen LogP contribution in [0.3, 0.4) is 0 Å². The number of aliphatic hydroxyl groups is 1. The number of esters is 4. The molecule has 0 radical (unpaired) electrons. The summed E-state index contributed by atoms with van der Waals surface area (Å²) in [4.78, 5) is 71.9. The Morgan fingerprint density at radius 1 is 0.279 bits per heavy atom. The van der Waals surface area contributed by atoms with Gasteiger partial charge in [-0.25, -0.2) is 9.13 Å². The van der Waals surface area contributed by atoms with Crippen LogP contribution in [0.2, 0.25) is 0 Å². The fraction of sp³-hybridized carbons (Fsp3) is 0.940. The van der Waals surface area contributed by atoms with Crippen LogP contribution < -0.4 is 0 Å². The van der Waals surface area contributed by atoms with Gasteiger partial charge in [0, 0.05) is 25.7 Å². The number of phosphoric acid groups is 2. The van der Waals surface area contributed by atoms with E-state index in [0.29, 0.717) is 25.7 Å². The average molecular weight is 1270 g/mol. The van der Waals surface area contributed by atoms with Crippen LogP contribution in [0.15, 0.2) is 0 Å². The van der Waals surface area contributed by atoms with Crippen LogP contribution in [-0.2, 0) is 65.4 Å². The van der Waals surface area contributed by atoms with E-state index in [0.717, 1.165) is 109 Å². The Morgan fingerprint density at radius 3 is 0.686 bits per heavy atom. The molecule has 0 aromatic heterocycles. The summed E-state index contributed by atoms with van der Waals surface area (Å²) in [6.45, 7) is 4.79. The highest BCUT2D eigenvalue weighted by molar-refractivity contribution is 7.47. The highest BCUT2D eigenvalue weighted by Crippen LogP contribution is 2.45. The van der Waals surface area contributed by atoms with Gasteiger partial charge in [0.15, 0.2) is 12.2 Å². The van der Waals surface area contributed by atoms with Crippen molar-refractivity contribution in [3.8, 4) is 0 Å². The van der Waals surface area contributed by atoms with E-state index < -0.39 is 97.5 Å². The summed E-state index contributed by atoms with van der Waals surface area (Å²) in [5, 5.41) is 10.5. The standard InChI is InChI=1S/C67H130O17P2/c1-5-9-13-17-20-22-24-26-28-29-30-31-32-33-35-37-39-42-46-50-54-67(72)84-63(58-78-65(70)52-48-44-41-38-36-34-27-25-23-21-18-14-10-6-2)60-82-86(75,76)80-56-61(68)55-79-85(73,74)81-59-62(57-77-64(69)51-47-43-16-12-8-4)83-66(71)53-49-45-40-19-15-11-7-3/h61-63,68H,5-60H2,1-4H3,(H,73,74)(H,75,76)/t61-,62+,63+/m0/s1. The molecule has 0 aromatic rings. The molecule has 17 nitrogen and oxygen atoms in total. The molecule has 0 fully saturated rings. The molecule has 19 heteroatoms. The molecule has 0 aliphatic carbocycles. The first kappa shape index (κ1) is 84.1. The van der Waals surface area contributed by atoms with Crippen molar-refractivity contribution in [3.05, 3.63) is 0 Å². The number of carbonyl (C=O) groups is 4. The molecule has 0 aromatic carbocycles. The molecule has 0 saturated carbocycles. The maximum absolute atomic E-state index is 13.0. The summed E-state index contributed by atoms with van der Waals surface area (Å²) in [6, 6.07) is 0. The van der Waals surface area contributed by atoms with Gasteiger partial charge in [-0.2, -0.15) is 0 Å². The monoisotopic (exact) mass is 1270 g/mol. The molecule has 0 spiro atoms. The van der Waals surface area contributed by atoms with Gasteiger partial charge in [-0.1, -0.05) is 297 Å². The first-order chi connectivity index (χ1) is 41.7. The van der Waals surface area contributed by atoms with Gasteiger partial charge in [0.1, 0.15) is 19.3 Å². The van der Waals surface area contributed by atoms with Gasteiger partial charge < -0.3 is 33.8 Å². The number of hydrogen-bond acceptors (Lipinski definition) is 15. The van der Waals surface area contributed by atoms with Crippen LogP contribution in [0.5, 0.6) is 0 Å². The Labute approximate surface area is 524 Å². The summed E-state index contributed by atoms with van der Waals surface area (Å²) in [6.07, 6.45) is 49.2. The number of ether oxygens (including phenoxy) is 4. The van der Waals surface area contributed by atoms with Crippen molar-refractivity contribution in [3.63, 3.8) is 0 Å². The summed E-state index contributed by atoms with van der Waals surface area (Å²) in [5.41, 5.74) is 0. The Balaban J connectivity index is 5.09. The van der Waals surface area contributed by atoms with Crippen LogP contribution in [0.4, 0.5) is 0 Å². The van der Waals surface area contributed by atoms with Crippen LogP contribution in [0, 0.1) is 0 Å². The second-order valence-electron chi connectivity index (χ2n) is 24.2. The van der Waals surface area contributed by atoms with Crippen molar-refractivity contribution >= 4 is 39.5 Å². The topological polar surface area (TPSA) is 237 Å². The average Bonchev–Trinajstić information content (AvgIpc) is 3.66. The van der Waals surface area contributed by atoms with Gasteiger partial charge in [0.05, 0.1) is 26.4 Å². The highest BCUT2D eigenvalue weighted by atomic mass is 31.2. The summed E-state index contributed by atoms with van der Waals surface area (Å²) < 4.78 is 67.8. The van der Waals surface area contributed by atoms with Gasteiger partial charge in [-0.3, -0.25) is 37.3 Å². The molecule has 0 aliphatic rings. The molecular weight excluding hydrogens is 1140 g/mol. The number of aliphatic hydroxyl groups excluding tert-OH is 1. The minimum Gasteiger partial charge on any atom is -0.462 e. The lowest BCUT2D eigenvalue weighted by Crippen LogP contribution is -2.30. The van der Waals surface area contributed by atoms with Crippen molar-refractivity contribution < 1.29 is 80.2 Å². The fourth-order valence-corrected chi connectivity index (χ4v) is 11.7. The molecule has 0 bridgehead atoms. The minimum atomic E-state index is -4.94. The number of hydrogen-bond donors (Lipinski definition) is 3. The van der Waals surface area contributed by atoms with Crippen molar-refractivity contribution in [2.24, 2.45) is 0 Å². The van der Waals surface area contributed by atoms with Gasteiger partial charge in [0.2, 0.25) is 0 Å². The van der Waals surface area contributed by atoms with Gasteiger partial charge >= 0.3 is 39.5 Å². The third-order valence-corrected chi connectivity index (χ3v) is 17.5. The van der Waals surface area contributed by atoms with Crippen molar-refractivity contribution in [1.29, 1.82) is 0 Å². The van der Waals surface area contributed by atoms with E-state index in [1.807, 2.05) is 0 Å². The predicted molar refractivity (Wildman–Crippen MR) is 345 cm³/mol. The minimum absolute atomic E-state index is 0.103. The number of phosphoric ester groups is 2. The fourth-order valence-electron chi connectivity index (χ4n) is 10.2. The largest absolute Gasteiger partial charge is 0.472 e. The number of unbranched alkanes of at least 4 members (excludes halogenated alkanes) is 42. The Kier molecular flexibility index (Phi) is 60.5.